The van der Waals surface area contributed by atoms with Crippen molar-refractivity contribution in [2.75, 3.05) is 31.0 Å². The van der Waals surface area contributed by atoms with Gasteiger partial charge in [0.2, 0.25) is 5.91 Å². The van der Waals surface area contributed by atoms with Crippen molar-refractivity contribution in [2.45, 2.75) is 26.3 Å². The largest absolute Gasteiger partial charge is 0.484 e. The van der Waals surface area contributed by atoms with Gasteiger partial charge < -0.3 is 20.1 Å². The maximum absolute atomic E-state index is 12.9. The lowest BCUT2D eigenvalue weighted by Gasteiger charge is -2.19. The van der Waals surface area contributed by atoms with Crippen LogP contribution in [0, 0.1) is 13.8 Å². The Labute approximate surface area is 186 Å². The number of methoxy groups -OCH3 is 1. The molecule has 2 amide bonds. The van der Waals surface area contributed by atoms with Crippen LogP contribution < -0.4 is 15.4 Å². The molecule has 7 nitrogen and oxygen atoms in total. The summed E-state index contributed by atoms with van der Waals surface area (Å²) in [5, 5.41) is 5.54. The van der Waals surface area contributed by atoms with Crippen LogP contribution in [0.2, 0.25) is 0 Å². The molecule has 0 fully saturated rings. The van der Waals surface area contributed by atoms with Crippen molar-refractivity contribution in [3.8, 4) is 5.75 Å². The number of carbonyl (C=O) groups is 3. The van der Waals surface area contributed by atoms with Crippen LogP contribution in [0.5, 0.6) is 5.75 Å². The summed E-state index contributed by atoms with van der Waals surface area (Å²) in [4.78, 5) is 37.3. The van der Waals surface area contributed by atoms with Crippen LogP contribution in [-0.2, 0) is 14.3 Å². The summed E-state index contributed by atoms with van der Waals surface area (Å²) in [6, 6.07) is 11.6. The normalized spacial score (nSPS) is 11.4. The van der Waals surface area contributed by atoms with Crippen molar-refractivity contribution in [1.82, 2.24) is 5.32 Å². The number of rotatable bonds is 10. The van der Waals surface area contributed by atoms with Crippen LogP contribution >= 0.6 is 11.8 Å². The molecule has 0 radical (unpaired) electrons. The van der Waals surface area contributed by atoms with E-state index in [1.54, 1.807) is 36.0 Å². The number of hydrogen-bond acceptors (Lipinski definition) is 6. The molecule has 0 saturated carbocycles. The van der Waals surface area contributed by atoms with Crippen LogP contribution in [-0.4, -0.2) is 49.6 Å². The fraction of sp³-hybridized carbons (Fsp3) is 0.348. The highest BCUT2D eigenvalue weighted by molar-refractivity contribution is 7.98. The third kappa shape index (κ3) is 7.32. The summed E-state index contributed by atoms with van der Waals surface area (Å²) in [5.74, 6) is 0.0509. The van der Waals surface area contributed by atoms with Gasteiger partial charge in [0, 0.05) is 5.69 Å². The second-order valence-corrected chi connectivity index (χ2v) is 7.94. The van der Waals surface area contributed by atoms with Crippen LogP contribution in [0.3, 0.4) is 0 Å². The molecule has 0 aliphatic heterocycles. The fourth-order valence-electron chi connectivity index (χ4n) is 2.89. The van der Waals surface area contributed by atoms with E-state index >= 15 is 0 Å². The molecular formula is C23H28N2O5S. The number of nitrogens with one attached hydrogen (secondary N) is 2. The van der Waals surface area contributed by atoms with Crippen molar-refractivity contribution in [1.29, 1.82) is 0 Å². The maximum Gasteiger partial charge on any atom is 0.338 e. The van der Waals surface area contributed by atoms with Crippen molar-refractivity contribution < 1.29 is 23.9 Å². The highest BCUT2D eigenvalue weighted by Gasteiger charge is 2.22. The summed E-state index contributed by atoms with van der Waals surface area (Å²) < 4.78 is 10.3. The van der Waals surface area contributed by atoms with Gasteiger partial charge in [0.1, 0.15) is 11.8 Å². The molecule has 0 heterocycles. The third-order valence-corrected chi connectivity index (χ3v) is 5.36. The summed E-state index contributed by atoms with van der Waals surface area (Å²) >= 11 is 1.58. The van der Waals surface area contributed by atoms with E-state index in [1.165, 1.54) is 7.11 Å². The Morgan fingerprint density at radius 2 is 1.81 bits per heavy atom. The predicted octanol–water partition coefficient (Wildman–Crippen LogP) is 3.35. The van der Waals surface area contributed by atoms with E-state index in [-0.39, 0.29) is 18.4 Å². The minimum absolute atomic E-state index is 0.191. The molecule has 0 saturated heterocycles. The molecule has 31 heavy (non-hydrogen) atoms. The second-order valence-electron chi connectivity index (χ2n) is 6.95. The Hall–Kier alpha value is -3.00. The number of esters is 1. The highest BCUT2D eigenvalue weighted by atomic mass is 32.2. The average Bonchev–Trinajstić information content (AvgIpc) is 2.77. The maximum atomic E-state index is 12.9. The number of carbonyl (C=O) groups excluding carboxylic acids is 3. The number of ether oxygens (including phenoxy) is 2. The first-order chi connectivity index (χ1) is 14.8. The van der Waals surface area contributed by atoms with Crippen molar-refractivity contribution >= 4 is 35.2 Å². The molecular weight excluding hydrogens is 416 g/mol. The first-order valence-electron chi connectivity index (χ1n) is 9.82. The van der Waals surface area contributed by atoms with Crippen LogP contribution in [0.4, 0.5) is 5.69 Å². The first-order valence-corrected chi connectivity index (χ1v) is 11.2. The number of aryl methyl sites for hydroxylation is 1. The first kappa shape index (κ1) is 24.3. The molecule has 166 valence electrons. The summed E-state index contributed by atoms with van der Waals surface area (Å²) in [7, 11) is 1.31. The fourth-order valence-corrected chi connectivity index (χ4v) is 3.36. The number of amides is 2. The van der Waals surface area contributed by atoms with Crippen molar-refractivity contribution in [2.24, 2.45) is 0 Å². The molecule has 1 atom stereocenters. The second kappa shape index (κ2) is 12.0. The molecule has 2 aromatic carbocycles. The summed E-state index contributed by atoms with van der Waals surface area (Å²) in [6.07, 6.45) is 2.39. The molecule has 0 aliphatic rings. The Morgan fingerprint density at radius 3 is 2.45 bits per heavy atom. The van der Waals surface area contributed by atoms with Gasteiger partial charge in [0.05, 0.1) is 12.7 Å². The van der Waals surface area contributed by atoms with E-state index in [0.717, 1.165) is 11.1 Å². The van der Waals surface area contributed by atoms with Crippen LogP contribution in [0.15, 0.2) is 42.5 Å². The van der Waals surface area contributed by atoms with Gasteiger partial charge in [-0.2, -0.15) is 11.8 Å². The zero-order valence-corrected chi connectivity index (χ0v) is 19.0. The lowest BCUT2D eigenvalue weighted by Crippen LogP contribution is -2.45. The molecule has 2 N–H and O–H groups in total. The van der Waals surface area contributed by atoms with Gasteiger partial charge in [-0.15, -0.1) is 0 Å². The molecule has 2 aromatic rings. The average molecular weight is 445 g/mol. The third-order valence-electron chi connectivity index (χ3n) is 4.72. The van der Waals surface area contributed by atoms with E-state index in [4.69, 9.17) is 9.47 Å². The standard InChI is InChI=1S/C23H28N2O5S/c1-15-12-17(13-19(16(15)2)23(28)29-3)24-22(27)20(10-11-31-4)25-21(26)14-30-18-8-6-5-7-9-18/h5-9,12-13,20H,10-11,14H2,1-4H3,(H,24,27)(H,25,26). The summed E-state index contributed by atoms with van der Waals surface area (Å²) in [5.41, 5.74) is 2.49. The molecule has 2 rings (SSSR count). The topological polar surface area (TPSA) is 93.7 Å². The highest BCUT2D eigenvalue weighted by Crippen LogP contribution is 2.21. The van der Waals surface area contributed by atoms with E-state index in [0.29, 0.717) is 29.2 Å². The molecule has 0 spiro atoms. The molecule has 1 unspecified atom stereocenters. The number of benzene rings is 2. The van der Waals surface area contributed by atoms with E-state index in [2.05, 4.69) is 10.6 Å². The number of thioether (sulfide) groups is 1. The van der Waals surface area contributed by atoms with Crippen LogP contribution in [0.25, 0.3) is 0 Å². The minimum atomic E-state index is -0.734. The molecule has 0 aliphatic carbocycles. The number of para-hydroxylation sites is 1. The predicted molar refractivity (Wildman–Crippen MR) is 123 cm³/mol. The lowest BCUT2D eigenvalue weighted by molar-refractivity contribution is -0.127. The Kier molecular flexibility index (Phi) is 9.40. The van der Waals surface area contributed by atoms with E-state index < -0.39 is 12.0 Å². The molecule has 8 heteroatoms. The van der Waals surface area contributed by atoms with Crippen molar-refractivity contribution in [3.05, 3.63) is 59.2 Å². The molecule has 0 bridgehead atoms. The van der Waals surface area contributed by atoms with Gasteiger partial charge in [-0.05, 0) is 67.7 Å². The Morgan fingerprint density at radius 1 is 1.10 bits per heavy atom. The van der Waals surface area contributed by atoms with Gasteiger partial charge in [-0.3, -0.25) is 9.59 Å². The Balaban J connectivity index is 2.07. The van der Waals surface area contributed by atoms with Gasteiger partial charge in [-0.25, -0.2) is 4.79 Å². The zero-order chi connectivity index (χ0) is 22.8. The molecule has 0 aromatic heterocycles. The monoisotopic (exact) mass is 444 g/mol. The summed E-state index contributed by atoms with van der Waals surface area (Å²) in [6.45, 7) is 3.48. The van der Waals surface area contributed by atoms with Crippen LogP contribution in [0.1, 0.15) is 27.9 Å². The van der Waals surface area contributed by atoms with Gasteiger partial charge in [-0.1, -0.05) is 18.2 Å². The number of hydrogen-bond donors (Lipinski definition) is 2. The minimum Gasteiger partial charge on any atom is -0.484 e. The van der Waals surface area contributed by atoms with Gasteiger partial charge in [0.25, 0.3) is 5.91 Å². The smallest absolute Gasteiger partial charge is 0.338 e. The van der Waals surface area contributed by atoms with Gasteiger partial charge >= 0.3 is 5.97 Å². The quantitative estimate of drug-likeness (QED) is 0.546. The van der Waals surface area contributed by atoms with E-state index in [1.807, 2.05) is 38.3 Å². The van der Waals surface area contributed by atoms with E-state index in [9.17, 15) is 14.4 Å². The lowest BCUT2D eigenvalue weighted by atomic mass is 10.0. The van der Waals surface area contributed by atoms with Gasteiger partial charge in [0.15, 0.2) is 6.61 Å². The Bertz CT molecular complexity index is 918. The van der Waals surface area contributed by atoms with Crippen molar-refractivity contribution in [3.63, 3.8) is 0 Å². The number of anilines is 1. The SMILES string of the molecule is COC(=O)c1cc(NC(=O)C(CCSC)NC(=O)COc2ccccc2)cc(C)c1C. The zero-order valence-electron chi connectivity index (χ0n) is 18.2.